The van der Waals surface area contributed by atoms with Crippen LogP contribution < -0.4 is 5.32 Å². The zero-order valence-corrected chi connectivity index (χ0v) is 15.6. The normalized spacial score (nSPS) is 22.7. The smallest absolute Gasteiger partial charge is 0.205 e. The van der Waals surface area contributed by atoms with Crippen LogP contribution in [0.15, 0.2) is 47.1 Å². The molecule has 0 saturated carbocycles. The summed E-state index contributed by atoms with van der Waals surface area (Å²) in [5.41, 5.74) is 2.26. The largest absolute Gasteiger partial charge is 0.359 e. The average Bonchev–Trinajstić information content (AvgIpc) is 2.69. The summed E-state index contributed by atoms with van der Waals surface area (Å²) in [4.78, 5) is 20.7. The molecule has 1 N–H and O–H groups in total. The highest BCUT2D eigenvalue weighted by atomic mass is 15.4. The lowest BCUT2D eigenvalue weighted by Gasteiger charge is -2.41. The fourth-order valence-electron chi connectivity index (χ4n) is 3.88. The van der Waals surface area contributed by atoms with Gasteiger partial charge in [0, 0.05) is 63.4 Å². The molecule has 0 aromatic carbocycles. The van der Waals surface area contributed by atoms with Crippen molar-refractivity contribution in [1.82, 2.24) is 30.0 Å². The van der Waals surface area contributed by atoms with Gasteiger partial charge in [-0.3, -0.25) is 4.90 Å². The second-order valence-corrected chi connectivity index (χ2v) is 7.17. The number of nitrogens with zero attached hydrogens (tertiary/aromatic N) is 6. The Morgan fingerprint density at radius 3 is 2.58 bits per heavy atom. The van der Waals surface area contributed by atoms with E-state index in [1.165, 1.54) is 12.0 Å². The number of nitrogens with one attached hydrogen (secondary N) is 1. The molecule has 1 atom stereocenters. The Kier molecular flexibility index (Phi) is 4.63. The predicted octanol–water partition coefficient (Wildman–Crippen LogP) is 1.57. The molecular formula is C19H27N7. The van der Waals surface area contributed by atoms with Crippen molar-refractivity contribution >= 4 is 5.96 Å². The molecule has 138 valence electrons. The van der Waals surface area contributed by atoms with Crippen molar-refractivity contribution in [2.24, 2.45) is 4.99 Å². The summed E-state index contributed by atoms with van der Waals surface area (Å²) < 4.78 is 0. The molecule has 7 nitrogen and oxygen atoms in total. The summed E-state index contributed by atoms with van der Waals surface area (Å²) in [6.45, 7) is 11.3. The second kappa shape index (κ2) is 7.07. The number of allylic oxidation sites excluding steroid dienone is 1. The Bertz CT molecular complexity index is 732. The second-order valence-electron chi connectivity index (χ2n) is 7.17. The molecule has 4 heterocycles. The van der Waals surface area contributed by atoms with Crippen LogP contribution in [0.2, 0.25) is 0 Å². The van der Waals surface area contributed by atoms with E-state index in [2.05, 4.69) is 50.5 Å². The van der Waals surface area contributed by atoms with Crippen LogP contribution in [-0.2, 0) is 0 Å². The molecule has 3 aliphatic heterocycles. The van der Waals surface area contributed by atoms with Crippen LogP contribution in [0.4, 0.5) is 0 Å². The highest BCUT2D eigenvalue weighted by molar-refractivity contribution is 5.85. The molecule has 1 aromatic rings. The lowest BCUT2D eigenvalue weighted by molar-refractivity contribution is 0.134. The summed E-state index contributed by atoms with van der Waals surface area (Å²) in [5, 5.41) is 3.44. The maximum Gasteiger partial charge on any atom is 0.205 e. The first-order valence-electron chi connectivity index (χ1n) is 9.38. The molecule has 0 bridgehead atoms. The van der Waals surface area contributed by atoms with Crippen molar-refractivity contribution in [1.29, 1.82) is 0 Å². The molecule has 0 amide bonds. The Balaban J connectivity index is 1.44. The molecule has 4 rings (SSSR count). The van der Waals surface area contributed by atoms with E-state index in [-0.39, 0.29) is 6.04 Å². The van der Waals surface area contributed by atoms with Crippen molar-refractivity contribution in [3.05, 3.63) is 48.0 Å². The van der Waals surface area contributed by atoms with E-state index in [1.807, 2.05) is 18.5 Å². The number of aromatic nitrogens is 2. The standard InChI is InChI=1S/C19H27N7/c1-14-16-6-4-9-24(3)18(16)23-19(22-14)26-12-10-25(11-13-26)15(2)17-20-7-5-8-21-17/h5,7-8,15H,1,4,6,9-13H2,2-3H3,(H,22,23). The molecule has 1 saturated heterocycles. The Morgan fingerprint density at radius 1 is 1.12 bits per heavy atom. The van der Waals surface area contributed by atoms with Crippen LogP contribution in [-0.4, -0.2) is 70.4 Å². The Hall–Kier alpha value is -2.41. The minimum absolute atomic E-state index is 0.230. The van der Waals surface area contributed by atoms with Gasteiger partial charge in [-0.1, -0.05) is 6.58 Å². The van der Waals surface area contributed by atoms with Crippen molar-refractivity contribution in [3.63, 3.8) is 0 Å². The van der Waals surface area contributed by atoms with Crippen molar-refractivity contribution < 1.29 is 0 Å². The van der Waals surface area contributed by atoms with Gasteiger partial charge in [-0.2, -0.15) is 4.99 Å². The van der Waals surface area contributed by atoms with Gasteiger partial charge in [0.1, 0.15) is 11.6 Å². The molecule has 26 heavy (non-hydrogen) atoms. The van der Waals surface area contributed by atoms with Crippen LogP contribution in [0.1, 0.15) is 31.6 Å². The first-order valence-corrected chi connectivity index (χ1v) is 9.38. The average molecular weight is 353 g/mol. The van der Waals surface area contributed by atoms with Gasteiger partial charge in [0.15, 0.2) is 0 Å². The summed E-state index contributed by atoms with van der Waals surface area (Å²) in [7, 11) is 2.12. The van der Waals surface area contributed by atoms with Gasteiger partial charge < -0.3 is 15.1 Å². The number of piperazine rings is 1. The number of guanidine groups is 1. The molecule has 0 spiro atoms. The fraction of sp³-hybridized carbons (Fsp3) is 0.526. The third-order valence-corrected chi connectivity index (χ3v) is 5.51. The van der Waals surface area contributed by atoms with Gasteiger partial charge >= 0.3 is 0 Å². The van der Waals surface area contributed by atoms with Gasteiger partial charge in [-0.15, -0.1) is 0 Å². The molecule has 7 heteroatoms. The van der Waals surface area contributed by atoms with Crippen LogP contribution in [0.5, 0.6) is 0 Å². The van der Waals surface area contributed by atoms with Crippen molar-refractivity contribution in [2.75, 3.05) is 39.8 Å². The molecule has 1 unspecified atom stereocenters. The third-order valence-electron chi connectivity index (χ3n) is 5.51. The van der Waals surface area contributed by atoms with Gasteiger partial charge in [-0.25, -0.2) is 9.97 Å². The van der Waals surface area contributed by atoms with E-state index in [0.29, 0.717) is 0 Å². The maximum atomic E-state index is 4.92. The van der Waals surface area contributed by atoms with E-state index in [1.54, 1.807) is 0 Å². The zero-order chi connectivity index (χ0) is 18.1. The van der Waals surface area contributed by atoms with Gasteiger partial charge in [0.25, 0.3) is 0 Å². The zero-order valence-electron chi connectivity index (χ0n) is 15.6. The predicted molar refractivity (Wildman–Crippen MR) is 102 cm³/mol. The van der Waals surface area contributed by atoms with E-state index < -0.39 is 0 Å². The molecule has 0 aliphatic carbocycles. The SMILES string of the molecule is C=C1NC(N2CCN(C(C)c3ncccn3)CC2)=NC2=C1CCCN2C. The van der Waals surface area contributed by atoms with Crippen LogP contribution in [0, 0.1) is 0 Å². The fourth-order valence-corrected chi connectivity index (χ4v) is 3.88. The number of aliphatic imine (C=N–C) groups is 1. The summed E-state index contributed by atoms with van der Waals surface area (Å²) in [6.07, 6.45) is 5.85. The lowest BCUT2D eigenvalue weighted by Crippen LogP contribution is -2.53. The van der Waals surface area contributed by atoms with E-state index in [4.69, 9.17) is 4.99 Å². The van der Waals surface area contributed by atoms with Crippen molar-refractivity contribution in [3.8, 4) is 0 Å². The first kappa shape index (κ1) is 17.0. The highest BCUT2D eigenvalue weighted by Gasteiger charge is 2.29. The molecular weight excluding hydrogens is 326 g/mol. The minimum atomic E-state index is 0.230. The number of rotatable bonds is 2. The third kappa shape index (κ3) is 3.19. The topological polar surface area (TPSA) is 59.9 Å². The van der Waals surface area contributed by atoms with E-state index in [0.717, 1.165) is 62.4 Å². The quantitative estimate of drug-likeness (QED) is 0.871. The van der Waals surface area contributed by atoms with E-state index >= 15 is 0 Å². The maximum absolute atomic E-state index is 4.92. The summed E-state index contributed by atoms with van der Waals surface area (Å²) in [5.74, 6) is 2.91. The van der Waals surface area contributed by atoms with Crippen LogP contribution in [0.25, 0.3) is 0 Å². The van der Waals surface area contributed by atoms with Gasteiger partial charge in [-0.05, 0) is 25.8 Å². The van der Waals surface area contributed by atoms with Gasteiger partial charge in [0.2, 0.25) is 5.96 Å². The molecule has 3 aliphatic rings. The minimum Gasteiger partial charge on any atom is -0.359 e. The highest BCUT2D eigenvalue weighted by Crippen LogP contribution is 2.29. The Labute approximate surface area is 155 Å². The van der Waals surface area contributed by atoms with Gasteiger partial charge in [0.05, 0.1) is 6.04 Å². The lowest BCUT2D eigenvalue weighted by atomic mass is 10.0. The molecule has 1 fully saturated rings. The monoisotopic (exact) mass is 353 g/mol. The Morgan fingerprint density at radius 2 is 1.85 bits per heavy atom. The number of hydrogen-bond acceptors (Lipinski definition) is 7. The first-order chi connectivity index (χ1) is 12.6. The number of hydrogen-bond donors (Lipinski definition) is 1. The summed E-state index contributed by atoms with van der Waals surface area (Å²) >= 11 is 0. The molecule has 0 radical (unpaired) electrons. The van der Waals surface area contributed by atoms with Crippen LogP contribution >= 0.6 is 0 Å². The molecule has 1 aromatic heterocycles. The van der Waals surface area contributed by atoms with Crippen LogP contribution in [0.3, 0.4) is 0 Å². The van der Waals surface area contributed by atoms with Crippen molar-refractivity contribution in [2.45, 2.75) is 25.8 Å². The summed E-state index contributed by atoms with van der Waals surface area (Å²) in [6, 6.07) is 2.09. The van der Waals surface area contributed by atoms with E-state index in [9.17, 15) is 0 Å².